The quantitative estimate of drug-likeness (QED) is 0.406. The molecule has 4 aromatic rings. The molecule has 5 heteroatoms. The molecule has 2 aromatic carbocycles. The lowest BCUT2D eigenvalue weighted by atomic mass is 9.84. The highest BCUT2D eigenvalue weighted by atomic mass is 32.1. The van der Waals surface area contributed by atoms with Gasteiger partial charge < -0.3 is 9.84 Å². The van der Waals surface area contributed by atoms with E-state index in [1.807, 2.05) is 31.2 Å². The Morgan fingerprint density at radius 2 is 1.93 bits per heavy atom. The van der Waals surface area contributed by atoms with Crippen molar-refractivity contribution in [1.29, 1.82) is 0 Å². The van der Waals surface area contributed by atoms with E-state index in [-0.39, 0.29) is 11.7 Å². The number of pyridine rings is 1. The number of nitrogens with zero attached hydrogens (tertiary/aromatic N) is 1. The van der Waals surface area contributed by atoms with Crippen molar-refractivity contribution < 1.29 is 14.6 Å². The second-order valence-corrected chi connectivity index (χ2v) is 9.39. The lowest BCUT2D eigenvalue weighted by Crippen LogP contribution is -2.32. The number of benzene rings is 2. The predicted molar refractivity (Wildman–Crippen MR) is 122 cm³/mol. The lowest BCUT2D eigenvalue weighted by molar-refractivity contribution is 0.0690. The Balaban J connectivity index is 1.72. The third-order valence-electron chi connectivity index (χ3n) is 6.05. The molecule has 1 N–H and O–H groups in total. The van der Waals surface area contributed by atoms with Crippen LogP contribution in [-0.4, -0.2) is 22.2 Å². The topological polar surface area (TPSA) is 59.4 Å². The number of hydrogen-bond acceptors (Lipinski definition) is 4. The van der Waals surface area contributed by atoms with E-state index in [0.29, 0.717) is 28.3 Å². The zero-order valence-corrected chi connectivity index (χ0v) is 18.0. The molecule has 30 heavy (non-hydrogen) atoms. The highest BCUT2D eigenvalue weighted by Gasteiger charge is 2.29. The van der Waals surface area contributed by atoms with Crippen LogP contribution < -0.4 is 4.74 Å². The van der Waals surface area contributed by atoms with Crippen LogP contribution in [0.15, 0.2) is 42.5 Å². The molecule has 152 valence electrons. The molecule has 0 spiro atoms. The highest BCUT2D eigenvalue weighted by Crippen LogP contribution is 2.41. The first-order chi connectivity index (χ1) is 14.4. The molecule has 0 unspecified atom stereocenters. The first-order valence-corrected chi connectivity index (χ1v) is 11.1. The minimum atomic E-state index is -0.958. The molecule has 1 aliphatic carbocycles. The van der Waals surface area contributed by atoms with Gasteiger partial charge in [-0.05, 0) is 67.3 Å². The Hall–Kier alpha value is -2.92. The van der Waals surface area contributed by atoms with Crippen LogP contribution in [0.5, 0.6) is 5.75 Å². The van der Waals surface area contributed by atoms with Crippen molar-refractivity contribution in [2.45, 2.75) is 39.7 Å². The minimum absolute atomic E-state index is 0.150. The Morgan fingerprint density at radius 3 is 2.63 bits per heavy atom. The molecule has 5 rings (SSSR count). The van der Waals surface area contributed by atoms with Gasteiger partial charge in [-0.15, -0.1) is 11.3 Å². The number of rotatable bonds is 4. The largest absolute Gasteiger partial charge is 0.490 e. The van der Waals surface area contributed by atoms with Crippen molar-refractivity contribution in [2.75, 3.05) is 0 Å². The first kappa shape index (κ1) is 19.1. The molecular formula is C25H23NO3S. The van der Waals surface area contributed by atoms with Gasteiger partial charge in [-0.2, -0.15) is 0 Å². The van der Waals surface area contributed by atoms with Crippen LogP contribution in [0.1, 0.15) is 41.3 Å². The second-order valence-electron chi connectivity index (χ2n) is 8.33. The molecule has 2 heterocycles. The Labute approximate surface area is 179 Å². The summed E-state index contributed by atoms with van der Waals surface area (Å²) in [5, 5.41) is 11.8. The summed E-state index contributed by atoms with van der Waals surface area (Å²) in [6.45, 7) is 6.25. The zero-order chi connectivity index (χ0) is 21.0. The number of aromatic carboxylic acids is 1. The molecular weight excluding hydrogens is 394 g/mol. The van der Waals surface area contributed by atoms with Gasteiger partial charge in [0.05, 0.1) is 33.1 Å². The number of hydrogen-bond donors (Lipinski definition) is 1. The number of fused-ring (bicyclic) bond motifs is 2. The summed E-state index contributed by atoms with van der Waals surface area (Å²) in [5.41, 5.74) is 3.73. The van der Waals surface area contributed by atoms with Gasteiger partial charge in [0.25, 0.3) is 0 Å². The number of ether oxygens (including phenoxy) is 1. The Bertz CT molecular complexity index is 1300. The van der Waals surface area contributed by atoms with Gasteiger partial charge in [0.1, 0.15) is 5.75 Å². The van der Waals surface area contributed by atoms with E-state index in [4.69, 9.17) is 9.72 Å². The number of aromatic nitrogens is 1. The predicted octanol–water partition coefficient (Wildman–Crippen LogP) is 6.61. The highest BCUT2D eigenvalue weighted by molar-refractivity contribution is 7.22. The molecule has 0 bridgehead atoms. The maximum atomic E-state index is 12.3. The second kappa shape index (κ2) is 7.10. The summed E-state index contributed by atoms with van der Waals surface area (Å²) in [6, 6.07) is 13.8. The molecule has 0 aliphatic heterocycles. The monoisotopic (exact) mass is 417 g/mol. The number of carboxylic acids is 1. The van der Waals surface area contributed by atoms with Gasteiger partial charge in [0.2, 0.25) is 0 Å². The molecule has 0 radical (unpaired) electrons. The van der Waals surface area contributed by atoms with E-state index in [2.05, 4.69) is 26.0 Å². The van der Waals surface area contributed by atoms with Crippen LogP contribution in [0.2, 0.25) is 0 Å². The maximum Gasteiger partial charge on any atom is 0.336 e. The summed E-state index contributed by atoms with van der Waals surface area (Å²) >= 11 is 1.65. The van der Waals surface area contributed by atoms with Gasteiger partial charge in [0.15, 0.2) is 0 Å². The van der Waals surface area contributed by atoms with Crippen LogP contribution in [-0.2, 0) is 0 Å². The standard InChI is InChI=1S/C25H23NO3S/c1-13-10-16(11-13)29-20-9-8-14(2)23-22(20)18(25(27)28)12-19(26-23)24-15(3)17-6-4-5-7-21(17)30-24/h4-9,12-13,16H,10-11H2,1-3H3,(H,27,28)/t13-,16-. The fraction of sp³-hybridized carbons (Fsp3) is 0.280. The molecule has 0 saturated heterocycles. The zero-order valence-electron chi connectivity index (χ0n) is 17.2. The van der Waals surface area contributed by atoms with Crippen LogP contribution >= 0.6 is 11.3 Å². The summed E-state index contributed by atoms with van der Waals surface area (Å²) in [5.74, 6) is 0.322. The van der Waals surface area contributed by atoms with Crippen LogP contribution in [0.3, 0.4) is 0 Å². The van der Waals surface area contributed by atoms with Crippen LogP contribution in [0, 0.1) is 19.8 Å². The molecule has 1 aliphatic rings. The third-order valence-corrected chi connectivity index (χ3v) is 7.35. The number of aryl methyl sites for hydroxylation is 2. The van der Waals surface area contributed by atoms with E-state index < -0.39 is 5.97 Å². The molecule has 1 saturated carbocycles. The average molecular weight is 418 g/mol. The van der Waals surface area contributed by atoms with Crippen LogP contribution in [0.4, 0.5) is 0 Å². The van der Waals surface area contributed by atoms with E-state index >= 15 is 0 Å². The summed E-state index contributed by atoms with van der Waals surface area (Å²) in [7, 11) is 0. The SMILES string of the molecule is Cc1c(-c2cc(C(=O)O)c3c(O[C@H]4C[C@H](C)C4)ccc(C)c3n2)sc2ccccc12. The van der Waals surface area contributed by atoms with E-state index in [9.17, 15) is 9.90 Å². The maximum absolute atomic E-state index is 12.3. The fourth-order valence-corrected chi connectivity index (χ4v) is 5.52. The van der Waals surface area contributed by atoms with Gasteiger partial charge in [-0.3, -0.25) is 0 Å². The average Bonchev–Trinajstić information content (AvgIpc) is 3.05. The first-order valence-electron chi connectivity index (χ1n) is 10.2. The molecule has 0 amide bonds. The molecule has 2 aromatic heterocycles. The molecule has 0 atom stereocenters. The third kappa shape index (κ3) is 3.05. The number of thiophene rings is 1. The van der Waals surface area contributed by atoms with Gasteiger partial charge in [-0.25, -0.2) is 9.78 Å². The summed E-state index contributed by atoms with van der Waals surface area (Å²) in [4.78, 5) is 18.2. The van der Waals surface area contributed by atoms with Crippen molar-refractivity contribution >= 4 is 38.3 Å². The fourth-order valence-electron chi connectivity index (χ4n) is 4.35. The van der Waals surface area contributed by atoms with Crippen molar-refractivity contribution in [3.8, 4) is 16.3 Å². The van der Waals surface area contributed by atoms with Crippen molar-refractivity contribution in [2.24, 2.45) is 5.92 Å². The smallest absolute Gasteiger partial charge is 0.336 e. The normalized spacial score (nSPS) is 18.5. The van der Waals surface area contributed by atoms with Gasteiger partial charge in [-0.1, -0.05) is 31.2 Å². The Kier molecular flexibility index (Phi) is 4.51. The summed E-state index contributed by atoms with van der Waals surface area (Å²) in [6.07, 6.45) is 2.16. The number of carboxylic acid groups (broad SMARTS) is 1. The van der Waals surface area contributed by atoms with Gasteiger partial charge in [0, 0.05) is 4.70 Å². The van der Waals surface area contributed by atoms with E-state index in [0.717, 1.165) is 28.8 Å². The molecule has 4 nitrogen and oxygen atoms in total. The van der Waals surface area contributed by atoms with Crippen molar-refractivity contribution in [3.05, 3.63) is 59.2 Å². The number of carbonyl (C=O) groups is 1. The van der Waals surface area contributed by atoms with Crippen LogP contribution in [0.25, 0.3) is 31.6 Å². The summed E-state index contributed by atoms with van der Waals surface area (Å²) < 4.78 is 7.37. The molecule has 1 fully saturated rings. The van der Waals surface area contributed by atoms with Gasteiger partial charge >= 0.3 is 5.97 Å². The minimum Gasteiger partial charge on any atom is -0.490 e. The Morgan fingerprint density at radius 1 is 1.17 bits per heavy atom. The lowest BCUT2D eigenvalue weighted by Gasteiger charge is -2.33. The van der Waals surface area contributed by atoms with Crippen molar-refractivity contribution in [1.82, 2.24) is 4.98 Å². The van der Waals surface area contributed by atoms with Crippen molar-refractivity contribution in [3.63, 3.8) is 0 Å². The van der Waals surface area contributed by atoms with E-state index in [1.54, 1.807) is 17.4 Å². The van der Waals surface area contributed by atoms with E-state index in [1.165, 1.54) is 10.1 Å².